The first-order valence-corrected chi connectivity index (χ1v) is 7.95. The fourth-order valence-electron chi connectivity index (χ4n) is 2.01. The van der Waals surface area contributed by atoms with Crippen LogP contribution >= 0.6 is 15.9 Å². The van der Waals surface area contributed by atoms with Crippen molar-refractivity contribution in [2.45, 2.75) is 46.9 Å². The third-order valence-electron chi connectivity index (χ3n) is 3.20. The van der Waals surface area contributed by atoms with Gasteiger partial charge >= 0.3 is 0 Å². The highest BCUT2D eigenvalue weighted by Gasteiger charge is 2.09. The van der Waals surface area contributed by atoms with Crippen LogP contribution in [0.5, 0.6) is 5.75 Å². The second kappa shape index (κ2) is 7.14. The summed E-state index contributed by atoms with van der Waals surface area (Å²) in [5.41, 5.74) is 2.36. The van der Waals surface area contributed by atoms with Crippen LogP contribution in [0.4, 0.5) is 0 Å². The molecule has 0 spiro atoms. The Morgan fingerprint density at radius 3 is 2.67 bits per heavy atom. The molecule has 1 heterocycles. The summed E-state index contributed by atoms with van der Waals surface area (Å²) in [5.74, 6) is 2.65. The van der Waals surface area contributed by atoms with Gasteiger partial charge in [0, 0.05) is 6.04 Å². The number of aryl methyl sites for hydroxylation is 2. The van der Waals surface area contributed by atoms with E-state index in [0.29, 0.717) is 12.6 Å². The van der Waals surface area contributed by atoms with Gasteiger partial charge in [0.2, 0.25) is 0 Å². The summed E-state index contributed by atoms with van der Waals surface area (Å²) >= 11 is 3.52. The minimum Gasteiger partial charge on any atom is -0.484 e. The van der Waals surface area contributed by atoms with E-state index in [-0.39, 0.29) is 0 Å². The van der Waals surface area contributed by atoms with E-state index in [1.54, 1.807) is 0 Å². The van der Waals surface area contributed by atoms with Gasteiger partial charge in [-0.15, -0.1) is 0 Å². The number of rotatable bonds is 6. The molecule has 0 amide bonds. The van der Waals surface area contributed by atoms with Gasteiger partial charge in [0.1, 0.15) is 23.9 Å². The van der Waals surface area contributed by atoms with Crippen LogP contribution in [0.1, 0.15) is 36.5 Å². The summed E-state index contributed by atoms with van der Waals surface area (Å²) in [7, 11) is 0. The first kappa shape index (κ1) is 16.1. The van der Waals surface area contributed by atoms with Gasteiger partial charge in [0.25, 0.3) is 0 Å². The van der Waals surface area contributed by atoms with Crippen molar-refractivity contribution >= 4 is 15.9 Å². The number of halogens is 1. The van der Waals surface area contributed by atoms with E-state index in [0.717, 1.165) is 33.9 Å². The van der Waals surface area contributed by atoms with Gasteiger partial charge in [0.15, 0.2) is 0 Å². The van der Waals surface area contributed by atoms with Gasteiger partial charge in [-0.05, 0) is 59.1 Å². The van der Waals surface area contributed by atoms with Crippen LogP contribution in [-0.4, -0.2) is 6.04 Å². The SMILES string of the molecule is Cc1ccc(OCc2cc(C)c(CNC(C)C)o2)c(Br)c1. The van der Waals surface area contributed by atoms with Crippen LogP contribution < -0.4 is 10.1 Å². The molecule has 0 fully saturated rings. The number of hydrogen-bond acceptors (Lipinski definition) is 3. The highest BCUT2D eigenvalue weighted by Crippen LogP contribution is 2.27. The van der Waals surface area contributed by atoms with Gasteiger partial charge in [-0.3, -0.25) is 0 Å². The zero-order chi connectivity index (χ0) is 15.4. The predicted octanol–water partition coefficient (Wildman–Crippen LogP) is 4.74. The molecule has 1 aromatic carbocycles. The van der Waals surface area contributed by atoms with Crippen LogP contribution in [0.2, 0.25) is 0 Å². The van der Waals surface area contributed by atoms with Gasteiger partial charge in [0.05, 0.1) is 11.0 Å². The van der Waals surface area contributed by atoms with Crippen LogP contribution in [0.3, 0.4) is 0 Å². The number of ether oxygens (including phenoxy) is 1. The van der Waals surface area contributed by atoms with E-state index in [1.165, 1.54) is 5.56 Å². The monoisotopic (exact) mass is 351 g/mol. The summed E-state index contributed by atoms with van der Waals surface area (Å²) in [5, 5.41) is 3.36. The summed E-state index contributed by atoms with van der Waals surface area (Å²) in [6.07, 6.45) is 0. The van der Waals surface area contributed by atoms with Gasteiger partial charge in [-0.25, -0.2) is 0 Å². The van der Waals surface area contributed by atoms with Gasteiger partial charge in [-0.1, -0.05) is 19.9 Å². The first-order chi connectivity index (χ1) is 9.95. The zero-order valence-corrected chi connectivity index (χ0v) is 14.6. The van der Waals surface area contributed by atoms with E-state index >= 15 is 0 Å². The standard InChI is InChI=1S/C17H22BrNO2/c1-11(2)19-9-17-13(4)8-14(21-17)10-20-16-6-5-12(3)7-15(16)18/h5-8,11,19H,9-10H2,1-4H3. The number of hydrogen-bond donors (Lipinski definition) is 1. The molecule has 2 aromatic rings. The van der Waals surface area contributed by atoms with Crippen molar-refractivity contribution in [2.24, 2.45) is 0 Å². The largest absolute Gasteiger partial charge is 0.484 e. The topological polar surface area (TPSA) is 34.4 Å². The van der Waals surface area contributed by atoms with Gasteiger partial charge < -0.3 is 14.5 Å². The minimum atomic E-state index is 0.435. The average Bonchev–Trinajstić information content (AvgIpc) is 2.76. The molecule has 1 aromatic heterocycles. The van der Waals surface area contributed by atoms with Crippen LogP contribution in [-0.2, 0) is 13.2 Å². The molecule has 0 atom stereocenters. The Balaban J connectivity index is 1.98. The number of benzene rings is 1. The van der Waals surface area contributed by atoms with E-state index < -0.39 is 0 Å². The molecule has 0 saturated carbocycles. The van der Waals surface area contributed by atoms with E-state index in [1.807, 2.05) is 24.3 Å². The summed E-state index contributed by atoms with van der Waals surface area (Å²) in [6, 6.07) is 8.53. The zero-order valence-electron chi connectivity index (χ0n) is 13.0. The van der Waals surface area contributed by atoms with E-state index in [9.17, 15) is 0 Å². The maximum atomic E-state index is 5.85. The molecule has 114 valence electrons. The molecular weight excluding hydrogens is 330 g/mol. The molecule has 21 heavy (non-hydrogen) atoms. The second-order valence-corrected chi connectivity index (χ2v) is 6.43. The number of furan rings is 1. The van der Waals surface area contributed by atoms with Crippen molar-refractivity contribution in [3.8, 4) is 5.75 Å². The Morgan fingerprint density at radius 2 is 2.00 bits per heavy atom. The molecule has 0 bridgehead atoms. The Morgan fingerprint density at radius 1 is 1.24 bits per heavy atom. The van der Waals surface area contributed by atoms with Crippen molar-refractivity contribution < 1.29 is 9.15 Å². The molecule has 3 nitrogen and oxygen atoms in total. The van der Waals surface area contributed by atoms with Gasteiger partial charge in [-0.2, -0.15) is 0 Å². The normalized spacial score (nSPS) is 11.1. The Hall–Kier alpha value is -1.26. The molecule has 2 rings (SSSR count). The quantitative estimate of drug-likeness (QED) is 0.816. The van der Waals surface area contributed by atoms with Crippen LogP contribution in [0.15, 0.2) is 33.2 Å². The molecule has 0 radical (unpaired) electrons. The smallest absolute Gasteiger partial charge is 0.146 e. The summed E-state index contributed by atoms with van der Waals surface area (Å²) in [4.78, 5) is 0. The van der Waals surface area contributed by atoms with Crippen molar-refractivity contribution in [1.29, 1.82) is 0 Å². The molecule has 0 aliphatic rings. The van der Waals surface area contributed by atoms with Crippen LogP contribution in [0.25, 0.3) is 0 Å². The van der Waals surface area contributed by atoms with Crippen molar-refractivity contribution in [3.63, 3.8) is 0 Å². The lowest BCUT2D eigenvalue weighted by atomic mass is 10.2. The Kier molecular flexibility index (Phi) is 5.48. The highest BCUT2D eigenvalue weighted by molar-refractivity contribution is 9.10. The highest BCUT2D eigenvalue weighted by atomic mass is 79.9. The van der Waals surface area contributed by atoms with Crippen molar-refractivity contribution in [3.05, 3.63) is 51.4 Å². The maximum absolute atomic E-state index is 5.85. The number of nitrogens with one attached hydrogen (secondary N) is 1. The molecule has 0 unspecified atom stereocenters. The third-order valence-corrected chi connectivity index (χ3v) is 3.82. The van der Waals surface area contributed by atoms with Crippen molar-refractivity contribution in [1.82, 2.24) is 5.32 Å². The lowest BCUT2D eigenvalue weighted by Gasteiger charge is -2.08. The lowest BCUT2D eigenvalue weighted by Crippen LogP contribution is -2.21. The molecule has 1 N–H and O–H groups in total. The van der Waals surface area contributed by atoms with Crippen LogP contribution in [0, 0.1) is 13.8 Å². The molecular formula is C17H22BrNO2. The first-order valence-electron chi connectivity index (χ1n) is 7.16. The third kappa shape index (κ3) is 4.61. The fourth-order valence-corrected chi connectivity index (χ4v) is 2.61. The lowest BCUT2D eigenvalue weighted by molar-refractivity contribution is 0.263. The van der Waals surface area contributed by atoms with E-state index in [2.05, 4.69) is 48.9 Å². The second-order valence-electron chi connectivity index (χ2n) is 5.58. The predicted molar refractivity (Wildman–Crippen MR) is 88.6 cm³/mol. The fraction of sp³-hybridized carbons (Fsp3) is 0.412. The van der Waals surface area contributed by atoms with E-state index in [4.69, 9.17) is 9.15 Å². The molecule has 0 aliphatic carbocycles. The Labute approximate surface area is 134 Å². The summed E-state index contributed by atoms with van der Waals surface area (Å²) < 4.78 is 12.6. The molecule has 0 aliphatic heterocycles. The summed E-state index contributed by atoms with van der Waals surface area (Å²) in [6.45, 7) is 9.54. The maximum Gasteiger partial charge on any atom is 0.146 e. The minimum absolute atomic E-state index is 0.435. The molecule has 0 saturated heterocycles. The Bertz CT molecular complexity index is 605. The average molecular weight is 352 g/mol. The van der Waals surface area contributed by atoms with Crippen molar-refractivity contribution in [2.75, 3.05) is 0 Å². The molecule has 4 heteroatoms.